The second-order valence-corrected chi connectivity index (χ2v) is 4.86. The number of carbonyl (C=O) groups is 2. The predicted octanol–water partition coefficient (Wildman–Crippen LogP) is 0.721. The van der Waals surface area contributed by atoms with Gasteiger partial charge in [0.25, 0.3) is 0 Å². The summed E-state index contributed by atoms with van der Waals surface area (Å²) < 4.78 is 2.28. The Kier molecular flexibility index (Phi) is 3.46. The molecule has 0 bridgehead atoms. The third kappa shape index (κ3) is 2.66. The van der Waals surface area contributed by atoms with Crippen molar-refractivity contribution in [1.82, 2.24) is 14.7 Å². The Balaban J connectivity index is 2.02. The summed E-state index contributed by atoms with van der Waals surface area (Å²) in [7, 11) is 0. The van der Waals surface area contributed by atoms with Crippen LogP contribution in [0.2, 0.25) is 0 Å². The number of aliphatic carboxylic acids is 1. The molecule has 0 aromatic carbocycles. The number of rotatable bonds is 3. The average molecular weight is 302 g/mol. The number of carboxylic acid groups (broad SMARTS) is 1. The van der Waals surface area contributed by atoms with Gasteiger partial charge in [0.1, 0.15) is 12.6 Å². The first-order valence-corrected chi connectivity index (χ1v) is 6.07. The summed E-state index contributed by atoms with van der Waals surface area (Å²) in [5.74, 6) is -1.14. The quantitative estimate of drug-likeness (QED) is 0.893. The van der Waals surface area contributed by atoms with Gasteiger partial charge in [-0.2, -0.15) is 5.10 Å². The van der Waals surface area contributed by atoms with E-state index >= 15 is 0 Å². The van der Waals surface area contributed by atoms with E-state index in [1.54, 1.807) is 12.4 Å². The first-order chi connectivity index (χ1) is 8.08. The minimum Gasteiger partial charge on any atom is -0.480 e. The van der Waals surface area contributed by atoms with Crippen LogP contribution in [0.1, 0.15) is 12.8 Å². The maximum absolute atomic E-state index is 11.9. The Labute approximate surface area is 106 Å². The summed E-state index contributed by atoms with van der Waals surface area (Å²) in [6.45, 7) is 0.591. The van der Waals surface area contributed by atoms with Crippen LogP contribution in [0, 0.1) is 0 Å². The van der Waals surface area contributed by atoms with Crippen LogP contribution in [0.3, 0.4) is 0 Å². The predicted molar refractivity (Wildman–Crippen MR) is 62.3 cm³/mol. The van der Waals surface area contributed by atoms with Crippen LogP contribution >= 0.6 is 15.9 Å². The highest BCUT2D eigenvalue weighted by atomic mass is 79.9. The van der Waals surface area contributed by atoms with Gasteiger partial charge < -0.3 is 10.0 Å². The van der Waals surface area contributed by atoms with Gasteiger partial charge in [-0.3, -0.25) is 9.48 Å². The molecule has 0 unspecified atom stereocenters. The molecule has 2 heterocycles. The van der Waals surface area contributed by atoms with Gasteiger partial charge >= 0.3 is 5.97 Å². The molecule has 7 heteroatoms. The number of aromatic nitrogens is 2. The van der Waals surface area contributed by atoms with Crippen molar-refractivity contribution in [2.45, 2.75) is 25.4 Å². The van der Waals surface area contributed by atoms with E-state index in [0.29, 0.717) is 13.0 Å². The molecule has 1 aromatic rings. The molecule has 17 heavy (non-hydrogen) atoms. The van der Waals surface area contributed by atoms with Crippen molar-refractivity contribution in [3.63, 3.8) is 0 Å². The summed E-state index contributed by atoms with van der Waals surface area (Å²) in [4.78, 5) is 24.3. The number of nitrogens with zero attached hydrogens (tertiary/aromatic N) is 3. The first kappa shape index (κ1) is 12.1. The number of hydrogen-bond acceptors (Lipinski definition) is 3. The lowest BCUT2D eigenvalue weighted by molar-refractivity contribution is -0.148. The van der Waals surface area contributed by atoms with Crippen LogP contribution in [0.15, 0.2) is 16.9 Å². The van der Waals surface area contributed by atoms with E-state index in [1.165, 1.54) is 9.58 Å². The fourth-order valence-corrected chi connectivity index (χ4v) is 2.30. The smallest absolute Gasteiger partial charge is 0.326 e. The molecular weight excluding hydrogens is 290 g/mol. The van der Waals surface area contributed by atoms with Crippen molar-refractivity contribution >= 4 is 27.8 Å². The van der Waals surface area contributed by atoms with Gasteiger partial charge in [-0.15, -0.1) is 0 Å². The monoisotopic (exact) mass is 301 g/mol. The zero-order valence-electron chi connectivity index (χ0n) is 9.04. The lowest BCUT2D eigenvalue weighted by atomic mass is 10.2. The molecule has 1 aliphatic heterocycles. The highest BCUT2D eigenvalue weighted by molar-refractivity contribution is 9.10. The molecule has 2 rings (SSSR count). The number of likely N-dealkylation sites (tertiary alicyclic amines) is 1. The van der Waals surface area contributed by atoms with Crippen LogP contribution in [0.5, 0.6) is 0 Å². The van der Waals surface area contributed by atoms with Crippen molar-refractivity contribution in [3.05, 3.63) is 16.9 Å². The van der Waals surface area contributed by atoms with Gasteiger partial charge in [0.2, 0.25) is 5.91 Å². The number of hydrogen-bond donors (Lipinski definition) is 1. The molecular formula is C10H12BrN3O3. The molecule has 0 radical (unpaired) electrons. The van der Waals surface area contributed by atoms with Gasteiger partial charge in [-0.1, -0.05) is 0 Å². The number of carboxylic acids is 1. The molecule has 0 spiro atoms. The molecule has 1 aliphatic rings. The van der Waals surface area contributed by atoms with E-state index < -0.39 is 12.0 Å². The largest absolute Gasteiger partial charge is 0.480 e. The number of carbonyl (C=O) groups excluding carboxylic acids is 1. The van der Waals surface area contributed by atoms with E-state index in [9.17, 15) is 9.59 Å². The van der Waals surface area contributed by atoms with Gasteiger partial charge in [-0.25, -0.2) is 4.79 Å². The third-order valence-electron chi connectivity index (χ3n) is 2.76. The first-order valence-electron chi connectivity index (χ1n) is 5.28. The second-order valence-electron chi connectivity index (χ2n) is 3.94. The van der Waals surface area contributed by atoms with Crippen LogP contribution < -0.4 is 0 Å². The van der Waals surface area contributed by atoms with Crippen molar-refractivity contribution < 1.29 is 14.7 Å². The van der Waals surface area contributed by atoms with Crippen LogP contribution in [-0.4, -0.2) is 44.3 Å². The third-order valence-corrected chi connectivity index (χ3v) is 3.17. The maximum Gasteiger partial charge on any atom is 0.326 e. The molecule has 1 amide bonds. The fourth-order valence-electron chi connectivity index (χ4n) is 1.98. The van der Waals surface area contributed by atoms with Gasteiger partial charge in [0.05, 0.1) is 10.7 Å². The molecule has 1 atom stereocenters. The Morgan fingerprint density at radius 3 is 2.94 bits per heavy atom. The van der Waals surface area contributed by atoms with Crippen LogP contribution in [0.25, 0.3) is 0 Å². The lowest BCUT2D eigenvalue weighted by Crippen LogP contribution is -2.42. The Morgan fingerprint density at radius 2 is 2.35 bits per heavy atom. The fraction of sp³-hybridized carbons (Fsp3) is 0.500. The van der Waals surface area contributed by atoms with Gasteiger partial charge in [0, 0.05) is 12.7 Å². The molecule has 1 N–H and O–H groups in total. The second kappa shape index (κ2) is 4.87. The van der Waals surface area contributed by atoms with E-state index in [4.69, 9.17) is 5.11 Å². The van der Waals surface area contributed by atoms with E-state index in [2.05, 4.69) is 21.0 Å². The standard InChI is InChI=1S/C10H12BrN3O3/c11-7-4-12-13(5-7)6-9(15)14-3-1-2-8(14)10(16)17/h4-5,8H,1-3,6H2,(H,16,17)/t8-/m0/s1. The van der Waals surface area contributed by atoms with Crippen molar-refractivity contribution in [2.75, 3.05) is 6.54 Å². The zero-order chi connectivity index (χ0) is 12.4. The summed E-state index contributed by atoms with van der Waals surface area (Å²) in [5, 5.41) is 13.0. The normalized spacial score (nSPS) is 19.6. The summed E-state index contributed by atoms with van der Waals surface area (Å²) in [6.07, 6.45) is 4.55. The highest BCUT2D eigenvalue weighted by Gasteiger charge is 2.33. The molecule has 1 saturated heterocycles. The van der Waals surface area contributed by atoms with E-state index in [-0.39, 0.29) is 12.5 Å². The zero-order valence-corrected chi connectivity index (χ0v) is 10.6. The molecule has 1 fully saturated rings. The molecule has 6 nitrogen and oxygen atoms in total. The van der Waals surface area contributed by atoms with E-state index in [0.717, 1.165) is 10.9 Å². The molecule has 0 saturated carbocycles. The van der Waals surface area contributed by atoms with Crippen LogP contribution in [0.4, 0.5) is 0 Å². The summed E-state index contributed by atoms with van der Waals surface area (Å²) in [5.41, 5.74) is 0. The minimum absolute atomic E-state index is 0.0787. The number of halogens is 1. The van der Waals surface area contributed by atoms with Gasteiger partial charge in [-0.05, 0) is 28.8 Å². The van der Waals surface area contributed by atoms with Crippen molar-refractivity contribution in [3.8, 4) is 0 Å². The summed E-state index contributed by atoms with van der Waals surface area (Å²) >= 11 is 3.24. The molecule has 0 aliphatic carbocycles. The summed E-state index contributed by atoms with van der Waals surface area (Å²) in [6, 6.07) is -0.679. The minimum atomic E-state index is -0.933. The molecule has 92 valence electrons. The number of amides is 1. The van der Waals surface area contributed by atoms with Crippen molar-refractivity contribution in [2.24, 2.45) is 0 Å². The maximum atomic E-state index is 11.9. The topological polar surface area (TPSA) is 75.4 Å². The van der Waals surface area contributed by atoms with Crippen LogP contribution in [-0.2, 0) is 16.1 Å². The Morgan fingerprint density at radius 1 is 1.59 bits per heavy atom. The van der Waals surface area contributed by atoms with Gasteiger partial charge in [0.15, 0.2) is 0 Å². The SMILES string of the molecule is O=C(O)[C@@H]1CCCN1C(=O)Cn1cc(Br)cn1. The Bertz CT molecular complexity index is 446. The van der Waals surface area contributed by atoms with Crippen molar-refractivity contribution in [1.29, 1.82) is 0 Å². The molecule has 1 aromatic heterocycles. The van der Waals surface area contributed by atoms with E-state index in [1.807, 2.05) is 0 Å². The average Bonchev–Trinajstić information content (AvgIpc) is 2.86. The highest BCUT2D eigenvalue weighted by Crippen LogP contribution is 2.18. The lowest BCUT2D eigenvalue weighted by Gasteiger charge is -2.21. The Hall–Kier alpha value is -1.37.